The van der Waals surface area contributed by atoms with Gasteiger partial charge in [-0.2, -0.15) is 0 Å². The largest absolute Gasteiger partial charge is 0.357 e. The van der Waals surface area contributed by atoms with Crippen LogP contribution in [0.5, 0.6) is 0 Å². The zero-order valence-corrected chi connectivity index (χ0v) is 18.1. The van der Waals surface area contributed by atoms with Crippen molar-refractivity contribution in [3.05, 3.63) is 77.1 Å². The molecule has 0 aliphatic heterocycles. The Morgan fingerprint density at radius 2 is 1.87 bits per heavy atom. The molecule has 4 aromatic rings. The van der Waals surface area contributed by atoms with Crippen molar-refractivity contribution in [1.29, 1.82) is 4.78 Å². The third kappa shape index (κ3) is 3.68. The monoisotopic (exact) mass is 441 g/mol. The first kappa shape index (κ1) is 20.4. The number of nitrogens with one attached hydrogen (secondary N) is 2. The van der Waals surface area contributed by atoms with E-state index in [0.29, 0.717) is 10.4 Å². The van der Waals surface area contributed by atoms with Crippen LogP contribution in [0.4, 0.5) is 4.39 Å². The first-order valence-electron chi connectivity index (χ1n) is 9.31. The second kappa shape index (κ2) is 7.77. The lowest BCUT2D eigenvalue weighted by Crippen LogP contribution is -2.16. The van der Waals surface area contributed by atoms with E-state index in [1.807, 2.05) is 12.1 Å². The lowest BCUT2D eigenvalue weighted by molar-refractivity contribution is 0.626. The van der Waals surface area contributed by atoms with Crippen LogP contribution in [0.15, 0.2) is 80.4 Å². The van der Waals surface area contributed by atoms with Crippen molar-refractivity contribution in [2.24, 2.45) is 7.05 Å². The lowest BCUT2D eigenvalue weighted by atomic mass is 10.0. The van der Waals surface area contributed by atoms with Crippen LogP contribution in [0.25, 0.3) is 22.0 Å². The molecule has 154 valence electrons. The Hall–Kier alpha value is -2.84. The van der Waals surface area contributed by atoms with E-state index in [1.54, 1.807) is 50.6 Å². The van der Waals surface area contributed by atoms with Crippen LogP contribution in [0.3, 0.4) is 0 Å². The fraction of sp³-hybridized carbons (Fsp3) is 0.136. The number of H-pyrrole nitrogens is 1. The molecule has 0 spiro atoms. The van der Waals surface area contributed by atoms with Gasteiger partial charge in [0.2, 0.25) is 0 Å². The number of aryl methyl sites for hydroxylation is 1. The van der Waals surface area contributed by atoms with E-state index in [-0.39, 0.29) is 17.1 Å². The van der Waals surface area contributed by atoms with Gasteiger partial charge in [0.05, 0.1) is 9.73 Å². The van der Waals surface area contributed by atoms with Gasteiger partial charge in [-0.05, 0) is 54.1 Å². The fourth-order valence-electron chi connectivity index (χ4n) is 3.29. The third-order valence-electron chi connectivity index (χ3n) is 4.96. The molecular formula is C22H20FN3O2S2. The SMILES string of the molecule is CCS(=N)(=O)c1ccc(Sc2ccc(F)cc2)c(-c2cn(C)c(=O)c3[nH]ccc23)c1. The van der Waals surface area contributed by atoms with Gasteiger partial charge in [-0.1, -0.05) is 18.7 Å². The molecule has 5 nitrogen and oxygen atoms in total. The molecule has 0 fully saturated rings. The van der Waals surface area contributed by atoms with Gasteiger partial charge in [-0.3, -0.25) is 4.79 Å². The van der Waals surface area contributed by atoms with Crippen molar-refractivity contribution in [3.63, 3.8) is 0 Å². The minimum Gasteiger partial charge on any atom is -0.357 e. The van der Waals surface area contributed by atoms with Gasteiger partial charge in [0.1, 0.15) is 11.3 Å². The average Bonchev–Trinajstić information content (AvgIpc) is 3.23. The number of pyridine rings is 1. The molecular weight excluding hydrogens is 421 g/mol. The number of hydrogen-bond acceptors (Lipinski definition) is 4. The van der Waals surface area contributed by atoms with Gasteiger partial charge in [0.15, 0.2) is 0 Å². The molecule has 4 rings (SSSR count). The minimum atomic E-state index is -2.92. The maximum Gasteiger partial charge on any atom is 0.274 e. The summed E-state index contributed by atoms with van der Waals surface area (Å²) in [4.78, 5) is 17.6. The van der Waals surface area contributed by atoms with E-state index in [2.05, 4.69) is 4.98 Å². The summed E-state index contributed by atoms with van der Waals surface area (Å²) < 4.78 is 35.8. The second-order valence-corrected chi connectivity index (χ2v) is 10.4. The molecule has 0 radical (unpaired) electrons. The molecule has 0 aliphatic carbocycles. The Morgan fingerprint density at radius 3 is 2.57 bits per heavy atom. The summed E-state index contributed by atoms with van der Waals surface area (Å²) in [7, 11) is -1.23. The van der Waals surface area contributed by atoms with Crippen LogP contribution in [-0.2, 0) is 16.8 Å². The van der Waals surface area contributed by atoms with Crippen molar-refractivity contribution in [1.82, 2.24) is 9.55 Å². The van der Waals surface area contributed by atoms with Crippen LogP contribution in [0, 0.1) is 10.6 Å². The quantitative estimate of drug-likeness (QED) is 0.444. The highest BCUT2D eigenvalue weighted by molar-refractivity contribution is 7.99. The van der Waals surface area contributed by atoms with Crippen molar-refractivity contribution in [2.75, 3.05) is 5.75 Å². The van der Waals surface area contributed by atoms with Crippen LogP contribution in [0.1, 0.15) is 6.92 Å². The molecule has 1 atom stereocenters. The Morgan fingerprint density at radius 1 is 1.13 bits per heavy atom. The molecule has 2 N–H and O–H groups in total. The van der Waals surface area contributed by atoms with E-state index >= 15 is 0 Å². The molecule has 30 heavy (non-hydrogen) atoms. The van der Waals surface area contributed by atoms with Crippen molar-refractivity contribution < 1.29 is 8.60 Å². The minimum absolute atomic E-state index is 0.138. The molecule has 8 heteroatoms. The number of aromatic amines is 1. The molecule has 1 unspecified atom stereocenters. The van der Waals surface area contributed by atoms with Gasteiger partial charge >= 0.3 is 0 Å². The molecule has 2 heterocycles. The maximum atomic E-state index is 13.3. The highest BCUT2D eigenvalue weighted by Crippen LogP contribution is 2.39. The third-order valence-corrected chi connectivity index (χ3v) is 7.88. The van der Waals surface area contributed by atoms with Crippen LogP contribution in [-0.4, -0.2) is 19.5 Å². The van der Waals surface area contributed by atoms with E-state index < -0.39 is 9.73 Å². The molecule has 0 saturated heterocycles. The van der Waals surface area contributed by atoms with E-state index in [1.165, 1.54) is 28.5 Å². The normalized spacial score (nSPS) is 13.4. The zero-order valence-electron chi connectivity index (χ0n) is 16.4. The molecule has 0 bridgehead atoms. The van der Waals surface area contributed by atoms with E-state index in [4.69, 9.17) is 4.78 Å². The first-order chi connectivity index (χ1) is 14.3. The number of fused-ring (bicyclic) bond motifs is 1. The number of hydrogen-bond donors (Lipinski definition) is 2. The molecule has 0 amide bonds. The topological polar surface area (TPSA) is 78.7 Å². The van der Waals surface area contributed by atoms with Gasteiger partial charge in [-0.25, -0.2) is 13.4 Å². The summed E-state index contributed by atoms with van der Waals surface area (Å²) >= 11 is 1.45. The first-order valence-corrected chi connectivity index (χ1v) is 11.9. The number of benzene rings is 2. The Labute approximate surface area is 177 Å². The number of rotatable bonds is 5. The van der Waals surface area contributed by atoms with Gasteiger partial charge in [0.25, 0.3) is 5.56 Å². The fourth-order valence-corrected chi connectivity index (χ4v) is 5.16. The van der Waals surface area contributed by atoms with Gasteiger partial charge in [0, 0.05) is 50.8 Å². The highest BCUT2D eigenvalue weighted by Gasteiger charge is 2.17. The van der Waals surface area contributed by atoms with Gasteiger partial charge < -0.3 is 9.55 Å². The Bertz CT molecular complexity index is 1400. The summed E-state index contributed by atoms with van der Waals surface area (Å²) in [5.41, 5.74) is 1.92. The second-order valence-electron chi connectivity index (χ2n) is 6.90. The summed E-state index contributed by atoms with van der Waals surface area (Å²) in [6, 6.07) is 13.4. The predicted molar refractivity (Wildman–Crippen MR) is 119 cm³/mol. The zero-order chi connectivity index (χ0) is 21.5. The van der Waals surface area contributed by atoms with Gasteiger partial charge in [-0.15, -0.1) is 0 Å². The summed E-state index contributed by atoms with van der Waals surface area (Å²) in [5, 5.41) is 0.754. The maximum absolute atomic E-state index is 13.3. The molecule has 2 aromatic heterocycles. The van der Waals surface area contributed by atoms with Crippen molar-refractivity contribution in [2.45, 2.75) is 21.6 Å². The van der Waals surface area contributed by atoms with Crippen molar-refractivity contribution in [3.8, 4) is 11.1 Å². The number of nitrogens with zero attached hydrogens (tertiary/aromatic N) is 1. The predicted octanol–water partition coefficient (Wildman–Crippen LogP) is 5.25. The molecule has 2 aromatic carbocycles. The molecule has 0 saturated carbocycles. The Balaban J connectivity index is 1.97. The summed E-state index contributed by atoms with van der Waals surface area (Å²) in [6.07, 6.45) is 3.47. The molecule has 0 aliphatic rings. The standard InChI is InChI=1S/C22H20FN3O2S2/c1-3-30(24,28)16-8-9-20(29-15-6-4-14(23)5-7-15)18(12-16)19-13-26(2)22(27)21-17(19)10-11-25-21/h4-13,24-25H,3H2,1-2H3. The smallest absolute Gasteiger partial charge is 0.274 e. The average molecular weight is 442 g/mol. The summed E-state index contributed by atoms with van der Waals surface area (Å²) in [6.45, 7) is 1.73. The van der Waals surface area contributed by atoms with Crippen LogP contribution < -0.4 is 5.56 Å². The van der Waals surface area contributed by atoms with Crippen LogP contribution in [0.2, 0.25) is 0 Å². The number of aromatic nitrogens is 2. The Kier molecular flexibility index (Phi) is 5.29. The number of halogens is 1. The lowest BCUT2D eigenvalue weighted by Gasteiger charge is -2.15. The van der Waals surface area contributed by atoms with Crippen molar-refractivity contribution >= 4 is 32.4 Å². The van der Waals surface area contributed by atoms with E-state index in [0.717, 1.165) is 26.3 Å². The van der Waals surface area contributed by atoms with E-state index in [9.17, 15) is 13.4 Å². The van der Waals surface area contributed by atoms with Crippen LogP contribution >= 0.6 is 11.8 Å². The summed E-state index contributed by atoms with van der Waals surface area (Å²) in [5.74, 6) is -0.0945. The highest BCUT2D eigenvalue weighted by atomic mass is 32.2.